The van der Waals surface area contributed by atoms with E-state index in [1.165, 1.54) is 0 Å². The number of hydrogen-bond donors (Lipinski definition) is 2. The predicted molar refractivity (Wildman–Crippen MR) is 75.3 cm³/mol. The van der Waals surface area contributed by atoms with Gasteiger partial charge in [-0.2, -0.15) is 0 Å². The number of aryl methyl sites for hydroxylation is 1. The van der Waals surface area contributed by atoms with Crippen LogP contribution in [0.4, 0.5) is 5.69 Å². The first-order chi connectivity index (χ1) is 9.58. The number of carboxylic acid groups (broad SMARTS) is 1. The van der Waals surface area contributed by atoms with Crippen LogP contribution in [-0.4, -0.2) is 17.0 Å². The third-order valence-electron chi connectivity index (χ3n) is 4.91. The fourth-order valence-corrected chi connectivity index (χ4v) is 3.95. The molecule has 0 saturated heterocycles. The van der Waals surface area contributed by atoms with Crippen LogP contribution in [0.25, 0.3) is 0 Å². The predicted octanol–water partition coefficient (Wildman–Crippen LogP) is 2.68. The average molecular weight is 273 g/mol. The highest BCUT2D eigenvalue weighted by atomic mass is 16.4. The van der Waals surface area contributed by atoms with Crippen molar-refractivity contribution in [1.82, 2.24) is 0 Å². The topological polar surface area (TPSA) is 66.4 Å². The van der Waals surface area contributed by atoms with Crippen LogP contribution in [0.15, 0.2) is 24.3 Å². The van der Waals surface area contributed by atoms with E-state index in [-0.39, 0.29) is 23.7 Å². The Morgan fingerprint density at radius 2 is 1.80 bits per heavy atom. The molecule has 4 heteroatoms. The van der Waals surface area contributed by atoms with E-state index < -0.39 is 11.9 Å². The fraction of sp³-hybridized carbons (Fsp3) is 0.500. The molecule has 1 aromatic carbocycles. The second-order valence-electron chi connectivity index (χ2n) is 6.03. The minimum atomic E-state index is -0.817. The van der Waals surface area contributed by atoms with Gasteiger partial charge in [-0.15, -0.1) is 0 Å². The number of carboxylic acids is 1. The maximum atomic E-state index is 12.5. The van der Waals surface area contributed by atoms with Crippen molar-refractivity contribution in [2.24, 2.45) is 23.7 Å². The summed E-state index contributed by atoms with van der Waals surface area (Å²) in [5.41, 5.74) is 1.78. The lowest BCUT2D eigenvalue weighted by molar-refractivity contribution is -0.148. The van der Waals surface area contributed by atoms with E-state index in [2.05, 4.69) is 5.32 Å². The van der Waals surface area contributed by atoms with Gasteiger partial charge in [0.1, 0.15) is 0 Å². The van der Waals surface area contributed by atoms with Crippen LogP contribution >= 0.6 is 0 Å². The van der Waals surface area contributed by atoms with Crippen LogP contribution < -0.4 is 5.32 Å². The van der Waals surface area contributed by atoms with Gasteiger partial charge in [0.05, 0.1) is 11.8 Å². The maximum absolute atomic E-state index is 12.5. The fourth-order valence-electron chi connectivity index (χ4n) is 3.95. The van der Waals surface area contributed by atoms with Gasteiger partial charge in [0, 0.05) is 5.69 Å². The SMILES string of the molecule is Cc1ccccc1NC(=O)[C@H]1[C@H]2CC[C@@H](C2)[C@H]1C(=O)O. The van der Waals surface area contributed by atoms with Crippen molar-refractivity contribution in [3.8, 4) is 0 Å². The molecule has 3 rings (SSSR count). The Labute approximate surface area is 118 Å². The number of aliphatic carboxylic acids is 1. The molecule has 0 unspecified atom stereocenters. The summed E-state index contributed by atoms with van der Waals surface area (Å²) in [6.45, 7) is 1.94. The lowest BCUT2D eigenvalue weighted by Gasteiger charge is -2.27. The molecule has 2 aliphatic rings. The summed E-state index contributed by atoms with van der Waals surface area (Å²) in [5.74, 6) is -1.39. The van der Waals surface area contributed by atoms with Gasteiger partial charge in [-0.3, -0.25) is 9.59 Å². The van der Waals surface area contributed by atoms with Crippen LogP contribution in [0.2, 0.25) is 0 Å². The Morgan fingerprint density at radius 1 is 1.15 bits per heavy atom. The number of hydrogen-bond acceptors (Lipinski definition) is 2. The molecule has 0 heterocycles. The third-order valence-corrected chi connectivity index (χ3v) is 4.91. The molecule has 2 fully saturated rings. The Kier molecular flexibility index (Phi) is 3.24. The van der Waals surface area contributed by atoms with Crippen molar-refractivity contribution in [3.63, 3.8) is 0 Å². The minimum absolute atomic E-state index is 0.126. The molecule has 0 aliphatic heterocycles. The van der Waals surface area contributed by atoms with Crippen LogP contribution in [0.5, 0.6) is 0 Å². The second-order valence-corrected chi connectivity index (χ2v) is 6.03. The molecule has 2 aliphatic carbocycles. The minimum Gasteiger partial charge on any atom is -0.481 e. The number of nitrogens with one attached hydrogen (secondary N) is 1. The van der Waals surface area contributed by atoms with E-state index in [1.54, 1.807) is 0 Å². The number of carbonyl (C=O) groups excluding carboxylic acids is 1. The third kappa shape index (κ3) is 2.09. The molecule has 2 bridgehead atoms. The highest BCUT2D eigenvalue weighted by molar-refractivity contribution is 5.96. The zero-order valence-electron chi connectivity index (χ0n) is 11.5. The Bertz CT molecular complexity index is 554. The van der Waals surface area contributed by atoms with Crippen molar-refractivity contribution in [2.45, 2.75) is 26.2 Å². The van der Waals surface area contributed by atoms with Gasteiger partial charge < -0.3 is 10.4 Å². The first-order valence-electron chi connectivity index (χ1n) is 7.17. The zero-order valence-corrected chi connectivity index (χ0v) is 11.5. The van der Waals surface area contributed by atoms with Gasteiger partial charge in [0.25, 0.3) is 0 Å². The molecule has 2 N–H and O–H groups in total. The van der Waals surface area contributed by atoms with E-state index >= 15 is 0 Å². The molecule has 4 nitrogen and oxygen atoms in total. The molecule has 1 aromatic rings. The highest BCUT2D eigenvalue weighted by Gasteiger charge is 2.53. The molecule has 0 aromatic heterocycles. The zero-order chi connectivity index (χ0) is 14.3. The normalized spacial score (nSPS) is 31.2. The van der Waals surface area contributed by atoms with Gasteiger partial charge in [-0.1, -0.05) is 18.2 Å². The van der Waals surface area contributed by atoms with E-state index in [1.807, 2.05) is 31.2 Å². The van der Waals surface area contributed by atoms with Crippen LogP contribution in [-0.2, 0) is 9.59 Å². The summed E-state index contributed by atoms with van der Waals surface area (Å²) in [7, 11) is 0. The van der Waals surface area contributed by atoms with Crippen LogP contribution in [0, 0.1) is 30.6 Å². The highest BCUT2D eigenvalue weighted by Crippen LogP contribution is 2.52. The molecular weight excluding hydrogens is 254 g/mol. The largest absolute Gasteiger partial charge is 0.481 e. The summed E-state index contributed by atoms with van der Waals surface area (Å²) in [4.78, 5) is 23.9. The van der Waals surface area contributed by atoms with Crippen molar-refractivity contribution in [2.75, 3.05) is 5.32 Å². The lowest BCUT2D eigenvalue weighted by atomic mass is 9.78. The Balaban J connectivity index is 1.80. The van der Waals surface area contributed by atoms with Crippen molar-refractivity contribution >= 4 is 17.6 Å². The molecular formula is C16H19NO3. The van der Waals surface area contributed by atoms with Gasteiger partial charge in [-0.25, -0.2) is 0 Å². The van der Waals surface area contributed by atoms with Crippen molar-refractivity contribution < 1.29 is 14.7 Å². The van der Waals surface area contributed by atoms with E-state index in [0.29, 0.717) is 0 Å². The monoisotopic (exact) mass is 273 g/mol. The summed E-state index contributed by atoms with van der Waals surface area (Å²) < 4.78 is 0. The van der Waals surface area contributed by atoms with Gasteiger partial charge in [0.2, 0.25) is 5.91 Å². The van der Waals surface area contributed by atoms with Crippen molar-refractivity contribution in [3.05, 3.63) is 29.8 Å². The molecule has 4 atom stereocenters. The van der Waals surface area contributed by atoms with E-state index in [0.717, 1.165) is 30.5 Å². The summed E-state index contributed by atoms with van der Waals surface area (Å²) in [6, 6.07) is 7.59. The van der Waals surface area contributed by atoms with Crippen LogP contribution in [0.3, 0.4) is 0 Å². The number of rotatable bonds is 3. The van der Waals surface area contributed by atoms with Gasteiger partial charge >= 0.3 is 5.97 Å². The van der Waals surface area contributed by atoms with E-state index in [4.69, 9.17) is 0 Å². The first kappa shape index (κ1) is 13.2. The number of fused-ring (bicyclic) bond motifs is 2. The molecule has 106 valence electrons. The van der Waals surface area contributed by atoms with Gasteiger partial charge in [0.15, 0.2) is 0 Å². The van der Waals surface area contributed by atoms with Crippen molar-refractivity contribution in [1.29, 1.82) is 0 Å². The maximum Gasteiger partial charge on any atom is 0.307 e. The molecule has 0 radical (unpaired) electrons. The smallest absolute Gasteiger partial charge is 0.307 e. The summed E-state index contributed by atoms with van der Waals surface area (Å²) in [6.07, 6.45) is 2.83. The number of anilines is 1. The van der Waals surface area contributed by atoms with Crippen LogP contribution in [0.1, 0.15) is 24.8 Å². The quantitative estimate of drug-likeness (QED) is 0.889. The summed E-state index contributed by atoms with van der Waals surface area (Å²) >= 11 is 0. The molecule has 0 spiro atoms. The summed E-state index contributed by atoms with van der Waals surface area (Å²) in [5, 5.41) is 12.3. The average Bonchev–Trinajstić information content (AvgIpc) is 3.01. The molecule has 1 amide bonds. The molecule has 20 heavy (non-hydrogen) atoms. The Morgan fingerprint density at radius 3 is 2.45 bits per heavy atom. The first-order valence-corrected chi connectivity index (χ1v) is 7.17. The standard InChI is InChI=1S/C16H19NO3/c1-9-4-2-3-5-12(9)17-15(18)13-10-6-7-11(8-10)14(13)16(19)20/h2-5,10-11,13-14H,6-8H2,1H3,(H,17,18)(H,19,20)/t10-,11-,13-,14+/m0/s1. The second kappa shape index (κ2) is 4.93. The lowest BCUT2D eigenvalue weighted by Crippen LogP contribution is -2.37. The molecule has 2 saturated carbocycles. The number of para-hydroxylation sites is 1. The number of carbonyl (C=O) groups is 2. The Hall–Kier alpha value is -1.84. The number of benzene rings is 1. The number of amides is 1. The van der Waals surface area contributed by atoms with E-state index in [9.17, 15) is 14.7 Å². The van der Waals surface area contributed by atoms with Gasteiger partial charge in [-0.05, 0) is 49.7 Å².